The molecule has 0 fully saturated rings. The minimum absolute atomic E-state index is 0.220. The van der Waals surface area contributed by atoms with Crippen LogP contribution in [0.1, 0.15) is 16.1 Å². The quantitative estimate of drug-likeness (QED) is 0.795. The number of nitrogens with two attached hydrogens (primary N) is 1. The zero-order valence-electron chi connectivity index (χ0n) is 10.4. The van der Waals surface area contributed by atoms with E-state index >= 15 is 0 Å². The molecule has 0 aliphatic carbocycles. The van der Waals surface area contributed by atoms with Crippen LogP contribution in [0.4, 0.5) is 5.69 Å². The van der Waals surface area contributed by atoms with Gasteiger partial charge in [0.2, 0.25) is 0 Å². The number of nitrogens with one attached hydrogen (secondary N) is 1. The molecule has 2 heterocycles. The van der Waals surface area contributed by atoms with Crippen LogP contribution < -0.4 is 11.1 Å². The number of nitrogens with zero attached hydrogens (tertiary/aromatic N) is 2. The van der Waals surface area contributed by atoms with Crippen molar-refractivity contribution in [1.82, 2.24) is 15.5 Å². The summed E-state index contributed by atoms with van der Waals surface area (Å²) >= 11 is 1.23. The number of fused-ring (bicyclic) bond motifs is 1. The summed E-state index contributed by atoms with van der Waals surface area (Å²) in [6.45, 7) is 0.484. The summed E-state index contributed by atoms with van der Waals surface area (Å²) in [7, 11) is -0.833. The van der Waals surface area contributed by atoms with E-state index in [0.717, 1.165) is 5.39 Å². The Kier molecular flexibility index (Phi) is 4.43. The lowest BCUT2D eigenvalue weighted by molar-refractivity contribution is 0.0958. The van der Waals surface area contributed by atoms with Crippen molar-refractivity contribution < 1.29 is 9.00 Å². The third kappa shape index (κ3) is 3.27. The summed E-state index contributed by atoms with van der Waals surface area (Å²) in [4.78, 5) is 13.1. The maximum atomic E-state index is 12.0. The predicted molar refractivity (Wildman–Crippen MR) is 77.7 cm³/mol. The van der Waals surface area contributed by atoms with Gasteiger partial charge in [-0.25, -0.2) is 0 Å². The van der Waals surface area contributed by atoms with Crippen LogP contribution in [-0.4, -0.2) is 38.9 Å². The summed E-state index contributed by atoms with van der Waals surface area (Å²) in [5, 5.41) is 11.2. The molecular formula is C11H14N4O2S2. The van der Waals surface area contributed by atoms with E-state index in [1.54, 1.807) is 18.5 Å². The highest BCUT2D eigenvalue weighted by Gasteiger charge is 2.16. The molecule has 0 aromatic carbocycles. The van der Waals surface area contributed by atoms with Crippen molar-refractivity contribution >= 4 is 43.9 Å². The number of aromatic nitrogens is 2. The Hall–Kier alpha value is -1.54. The number of nitrogen functional groups attached to an aromatic ring is 1. The molecule has 3 N–H and O–H groups in total. The molecule has 2 aromatic heterocycles. The van der Waals surface area contributed by atoms with Gasteiger partial charge < -0.3 is 11.1 Å². The molecule has 19 heavy (non-hydrogen) atoms. The topological polar surface area (TPSA) is 98.0 Å². The van der Waals surface area contributed by atoms with Gasteiger partial charge in [-0.3, -0.25) is 9.00 Å². The zero-order chi connectivity index (χ0) is 13.8. The standard InChI is InChI=1S/C11H14N4O2S2/c1-19(17)6-2-4-13-10(16)9-8(12)7-3-5-14-15-11(7)18-9/h3,5H,2,4,6,12H2,1H3,(H,13,16). The number of carbonyl (C=O) groups is 1. The average molecular weight is 298 g/mol. The van der Waals surface area contributed by atoms with Crippen molar-refractivity contribution in [2.24, 2.45) is 0 Å². The summed E-state index contributed by atoms with van der Waals surface area (Å²) in [6, 6.07) is 1.74. The molecule has 8 heteroatoms. The minimum Gasteiger partial charge on any atom is -0.397 e. The highest BCUT2D eigenvalue weighted by molar-refractivity contribution is 7.84. The van der Waals surface area contributed by atoms with Crippen LogP contribution in [0.3, 0.4) is 0 Å². The second-order valence-electron chi connectivity index (χ2n) is 3.98. The van der Waals surface area contributed by atoms with E-state index in [1.807, 2.05) is 0 Å². The van der Waals surface area contributed by atoms with Crippen molar-refractivity contribution in [3.05, 3.63) is 17.1 Å². The monoisotopic (exact) mass is 298 g/mol. The SMILES string of the molecule is CS(=O)CCCNC(=O)c1sc2nnccc2c1N. The molecule has 1 unspecified atom stereocenters. The van der Waals surface area contributed by atoms with Crippen LogP contribution in [0.15, 0.2) is 12.3 Å². The number of amides is 1. The van der Waals surface area contributed by atoms with Crippen LogP contribution in [0, 0.1) is 0 Å². The smallest absolute Gasteiger partial charge is 0.263 e. The maximum absolute atomic E-state index is 12.0. The lowest BCUT2D eigenvalue weighted by Crippen LogP contribution is -2.25. The van der Waals surface area contributed by atoms with Crippen molar-refractivity contribution in [2.75, 3.05) is 24.3 Å². The van der Waals surface area contributed by atoms with Crippen molar-refractivity contribution in [3.8, 4) is 0 Å². The molecular weight excluding hydrogens is 284 g/mol. The zero-order valence-corrected chi connectivity index (χ0v) is 12.0. The molecule has 6 nitrogen and oxygen atoms in total. The molecule has 1 atom stereocenters. The lowest BCUT2D eigenvalue weighted by Gasteiger charge is -2.03. The third-order valence-electron chi connectivity index (χ3n) is 2.52. The molecule has 0 radical (unpaired) electrons. The Morgan fingerprint density at radius 2 is 2.37 bits per heavy atom. The number of rotatable bonds is 5. The highest BCUT2D eigenvalue weighted by atomic mass is 32.2. The normalized spacial score (nSPS) is 12.5. The van der Waals surface area contributed by atoms with Crippen LogP contribution in [0.2, 0.25) is 0 Å². The average Bonchev–Trinajstić information content (AvgIpc) is 2.72. The minimum atomic E-state index is -0.833. The molecule has 102 valence electrons. The number of anilines is 1. The van der Waals surface area contributed by atoms with Gasteiger partial charge in [0, 0.05) is 34.7 Å². The Morgan fingerprint density at radius 3 is 3.05 bits per heavy atom. The van der Waals surface area contributed by atoms with E-state index in [2.05, 4.69) is 15.5 Å². The molecule has 2 aromatic rings. The largest absolute Gasteiger partial charge is 0.397 e. The number of carbonyl (C=O) groups excluding carboxylic acids is 1. The molecule has 1 amide bonds. The summed E-state index contributed by atoms with van der Waals surface area (Å²) in [6.07, 6.45) is 3.87. The second kappa shape index (κ2) is 6.07. The Morgan fingerprint density at radius 1 is 1.58 bits per heavy atom. The van der Waals surface area contributed by atoms with Gasteiger partial charge in [-0.05, 0) is 12.5 Å². The fourth-order valence-corrected chi connectivity index (χ4v) is 3.10. The predicted octanol–water partition coefficient (Wildman–Crippen LogP) is 0.772. The number of hydrogen-bond acceptors (Lipinski definition) is 6. The van der Waals surface area contributed by atoms with Crippen LogP contribution in [0.5, 0.6) is 0 Å². The summed E-state index contributed by atoms with van der Waals surface area (Å²) in [5.41, 5.74) is 6.36. The molecule has 0 saturated heterocycles. The van der Waals surface area contributed by atoms with E-state index in [4.69, 9.17) is 5.73 Å². The van der Waals surface area contributed by atoms with Gasteiger partial charge in [0.05, 0.1) is 11.9 Å². The molecule has 2 rings (SSSR count). The van der Waals surface area contributed by atoms with Crippen LogP contribution in [-0.2, 0) is 10.8 Å². The first-order valence-corrected chi connectivity index (χ1v) is 8.22. The van der Waals surface area contributed by atoms with Crippen molar-refractivity contribution in [3.63, 3.8) is 0 Å². The number of thiophene rings is 1. The Bertz CT molecular complexity index is 626. The van der Waals surface area contributed by atoms with Crippen LogP contribution in [0.25, 0.3) is 10.2 Å². The van der Waals surface area contributed by atoms with Crippen molar-refractivity contribution in [2.45, 2.75) is 6.42 Å². The third-order valence-corrected chi connectivity index (χ3v) is 4.49. The van der Waals surface area contributed by atoms with Gasteiger partial charge in [-0.1, -0.05) is 0 Å². The van der Waals surface area contributed by atoms with E-state index in [1.165, 1.54) is 11.3 Å². The van der Waals surface area contributed by atoms with Gasteiger partial charge in [0.25, 0.3) is 5.91 Å². The van der Waals surface area contributed by atoms with Gasteiger partial charge >= 0.3 is 0 Å². The summed E-state index contributed by atoms with van der Waals surface area (Å²) in [5.74, 6) is 0.357. The fourth-order valence-electron chi connectivity index (χ4n) is 1.60. The highest BCUT2D eigenvalue weighted by Crippen LogP contribution is 2.31. The summed E-state index contributed by atoms with van der Waals surface area (Å²) < 4.78 is 10.9. The molecule has 0 saturated carbocycles. The Labute approximate surface area is 116 Å². The van der Waals surface area contributed by atoms with E-state index in [9.17, 15) is 9.00 Å². The Balaban J connectivity index is 2.05. The molecule has 0 spiro atoms. The first-order chi connectivity index (χ1) is 9.09. The first kappa shape index (κ1) is 13.9. The van der Waals surface area contributed by atoms with Crippen molar-refractivity contribution in [1.29, 1.82) is 0 Å². The van der Waals surface area contributed by atoms with E-state index in [-0.39, 0.29) is 5.91 Å². The fraction of sp³-hybridized carbons (Fsp3) is 0.364. The molecule has 0 bridgehead atoms. The molecule has 0 aliphatic rings. The molecule has 0 aliphatic heterocycles. The number of hydrogen-bond donors (Lipinski definition) is 2. The second-order valence-corrected chi connectivity index (χ2v) is 6.54. The lowest BCUT2D eigenvalue weighted by atomic mass is 10.3. The van der Waals surface area contributed by atoms with Gasteiger partial charge in [-0.2, -0.15) is 5.10 Å². The van der Waals surface area contributed by atoms with E-state index < -0.39 is 10.8 Å². The van der Waals surface area contributed by atoms with E-state index in [0.29, 0.717) is 34.1 Å². The first-order valence-electron chi connectivity index (χ1n) is 5.67. The van der Waals surface area contributed by atoms with Gasteiger partial charge in [-0.15, -0.1) is 16.4 Å². The van der Waals surface area contributed by atoms with Gasteiger partial charge in [0.1, 0.15) is 9.71 Å². The van der Waals surface area contributed by atoms with Gasteiger partial charge in [0.15, 0.2) is 0 Å². The maximum Gasteiger partial charge on any atom is 0.263 e. The van der Waals surface area contributed by atoms with Crippen LogP contribution >= 0.6 is 11.3 Å².